The number of hydrogen-bond donors (Lipinski definition) is 1. The molecule has 4 rings (SSSR count). The summed E-state index contributed by atoms with van der Waals surface area (Å²) in [6.45, 7) is 8.89. The second-order valence-electron chi connectivity index (χ2n) is 6.75. The molecule has 2 aliphatic rings. The SMILES string of the molecule is CC(=O)N1CCN(c2nc(N3CCCC3)nc3[nH]c(C)cc23)CC1. The molecule has 2 aromatic heterocycles. The van der Waals surface area contributed by atoms with Crippen molar-refractivity contribution in [1.82, 2.24) is 19.9 Å². The van der Waals surface area contributed by atoms with Gasteiger partial charge in [-0.2, -0.15) is 9.97 Å². The molecule has 2 saturated heterocycles. The number of aromatic amines is 1. The fraction of sp³-hybridized carbons (Fsp3) is 0.588. The summed E-state index contributed by atoms with van der Waals surface area (Å²) in [5, 5.41) is 1.08. The Kier molecular flexibility index (Phi) is 3.78. The van der Waals surface area contributed by atoms with Crippen molar-refractivity contribution >= 4 is 28.7 Å². The molecule has 0 aliphatic carbocycles. The molecule has 2 aromatic rings. The van der Waals surface area contributed by atoms with Gasteiger partial charge in [0, 0.05) is 51.9 Å². The fourth-order valence-electron chi connectivity index (χ4n) is 3.65. The van der Waals surface area contributed by atoms with E-state index in [0.717, 1.165) is 67.8 Å². The molecular weight excluding hydrogens is 304 g/mol. The van der Waals surface area contributed by atoms with Crippen LogP contribution in [0.4, 0.5) is 11.8 Å². The van der Waals surface area contributed by atoms with E-state index in [0.29, 0.717) is 0 Å². The van der Waals surface area contributed by atoms with Gasteiger partial charge in [-0.05, 0) is 25.8 Å². The maximum absolute atomic E-state index is 11.6. The van der Waals surface area contributed by atoms with Crippen molar-refractivity contribution in [3.63, 3.8) is 0 Å². The number of aryl methyl sites for hydroxylation is 1. The van der Waals surface area contributed by atoms with E-state index in [4.69, 9.17) is 9.97 Å². The van der Waals surface area contributed by atoms with Gasteiger partial charge in [-0.3, -0.25) is 4.79 Å². The van der Waals surface area contributed by atoms with Gasteiger partial charge in [-0.1, -0.05) is 0 Å². The Bertz CT molecular complexity index is 756. The average molecular weight is 328 g/mol. The Hall–Kier alpha value is -2.31. The lowest BCUT2D eigenvalue weighted by atomic mass is 10.2. The smallest absolute Gasteiger partial charge is 0.229 e. The van der Waals surface area contributed by atoms with Crippen LogP contribution in [0.2, 0.25) is 0 Å². The van der Waals surface area contributed by atoms with Gasteiger partial charge in [0.1, 0.15) is 11.5 Å². The number of fused-ring (bicyclic) bond motifs is 1. The van der Waals surface area contributed by atoms with Crippen molar-refractivity contribution in [2.24, 2.45) is 0 Å². The Morgan fingerprint density at radius 2 is 1.75 bits per heavy atom. The molecule has 1 amide bonds. The van der Waals surface area contributed by atoms with E-state index in [1.54, 1.807) is 6.92 Å². The minimum absolute atomic E-state index is 0.151. The van der Waals surface area contributed by atoms with Crippen LogP contribution in [0.1, 0.15) is 25.5 Å². The molecule has 0 atom stereocenters. The van der Waals surface area contributed by atoms with Crippen molar-refractivity contribution in [2.45, 2.75) is 26.7 Å². The number of carbonyl (C=O) groups excluding carboxylic acids is 1. The highest BCUT2D eigenvalue weighted by atomic mass is 16.2. The van der Waals surface area contributed by atoms with Gasteiger partial charge in [0.25, 0.3) is 0 Å². The molecule has 128 valence electrons. The molecule has 0 radical (unpaired) electrons. The predicted octanol–water partition coefficient (Wildman–Crippen LogP) is 1.54. The molecule has 24 heavy (non-hydrogen) atoms. The Morgan fingerprint density at radius 3 is 2.42 bits per heavy atom. The highest BCUT2D eigenvalue weighted by Crippen LogP contribution is 2.29. The van der Waals surface area contributed by atoms with Crippen molar-refractivity contribution in [3.05, 3.63) is 11.8 Å². The van der Waals surface area contributed by atoms with Gasteiger partial charge >= 0.3 is 0 Å². The van der Waals surface area contributed by atoms with Gasteiger partial charge in [-0.25, -0.2) is 0 Å². The summed E-state index contributed by atoms with van der Waals surface area (Å²) in [4.78, 5) is 31.0. The second kappa shape index (κ2) is 5.96. The van der Waals surface area contributed by atoms with Gasteiger partial charge in [0.05, 0.1) is 5.39 Å². The molecule has 7 nitrogen and oxygen atoms in total. The van der Waals surface area contributed by atoms with Crippen molar-refractivity contribution in [3.8, 4) is 0 Å². The van der Waals surface area contributed by atoms with Gasteiger partial charge in [0.15, 0.2) is 0 Å². The molecule has 4 heterocycles. The first-order valence-corrected chi connectivity index (χ1v) is 8.74. The van der Waals surface area contributed by atoms with Crippen LogP contribution in [-0.2, 0) is 4.79 Å². The second-order valence-corrected chi connectivity index (χ2v) is 6.75. The third-order valence-corrected chi connectivity index (χ3v) is 5.00. The van der Waals surface area contributed by atoms with Crippen LogP contribution in [0.3, 0.4) is 0 Å². The number of rotatable bonds is 2. The number of H-pyrrole nitrogens is 1. The summed E-state index contributed by atoms with van der Waals surface area (Å²) in [6, 6.07) is 2.12. The van der Waals surface area contributed by atoms with Crippen molar-refractivity contribution < 1.29 is 4.79 Å². The zero-order chi connectivity index (χ0) is 16.7. The third-order valence-electron chi connectivity index (χ3n) is 5.00. The Labute approximate surface area is 141 Å². The summed E-state index contributed by atoms with van der Waals surface area (Å²) < 4.78 is 0. The van der Waals surface area contributed by atoms with Crippen LogP contribution < -0.4 is 9.80 Å². The third kappa shape index (κ3) is 2.68. The van der Waals surface area contributed by atoms with E-state index >= 15 is 0 Å². The molecule has 0 aromatic carbocycles. The quantitative estimate of drug-likeness (QED) is 0.905. The average Bonchev–Trinajstić information content (AvgIpc) is 3.22. The number of aromatic nitrogens is 3. The maximum atomic E-state index is 11.6. The molecule has 7 heteroatoms. The summed E-state index contributed by atoms with van der Waals surface area (Å²) >= 11 is 0. The Morgan fingerprint density at radius 1 is 1.04 bits per heavy atom. The van der Waals surface area contributed by atoms with E-state index in [9.17, 15) is 4.79 Å². The number of nitrogens with one attached hydrogen (secondary N) is 1. The lowest BCUT2D eigenvalue weighted by Gasteiger charge is -2.35. The van der Waals surface area contributed by atoms with Crippen LogP contribution >= 0.6 is 0 Å². The van der Waals surface area contributed by atoms with E-state index in [-0.39, 0.29) is 5.91 Å². The zero-order valence-corrected chi connectivity index (χ0v) is 14.4. The van der Waals surface area contributed by atoms with Gasteiger partial charge < -0.3 is 19.7 Å². The minimum atomic E-state index is 0.151. The van der Waals surface area contributed by atoms with Gasteiger partial charge in [-0.15, -0.1) is 0 Å². The van der Waals surface area contributed by atoms with Gasteiger partial charge in [0.2, 0.25) is 11.9 Å². The molecule has 0 spiro atoms. The van der Waals surface area contributed by atoms with Crippen LogP contribution in [0, 0.1) is 6.92 Å². The maximum Gasteiger partial charge on any atom is 0.229 e. The first-order valence-electron chi connectivity index (χ1n) is 8.74. The first kappa shape index (κ1) is 15.2. The van der Waals surface area contributed by atoms with E-state index in [1.807, 2.05) is 4.90 Å². The van der Waals surface area contributed by atoms with Crippen LogP contribution in [-0.4, -0.2) is 65.0 Å². The zero-order valence-electron chi connectivity index (χ0n) is 14.4. The predicted molar refractivity (Wildman–Crippen MR) is 94.5 cm³/mol. The molecule has 2 fully saturated rings. The lowest BCUT2D eigenvalue weighted by molar-refractivity contribution is -0.129. The van der Waals surface area contributed by atoms with Crippen molar-refractivity contribution in [2.75, 3.05) is 49.1 Å². The van der Waals surface area contributed by atoms with E-state index in [1.165, 1.54) is 12.8 Å². The van der Waals surface area contributed by atoms with E-state index in [2.05, 4.69) is 27.8 Å². The summed E-state index contributed by atoms with van der Waals surface area (Å²) in [7, 11) is 0. The largest absolute Gasteiger partial charge is 0.352 e. The molecule has 0 bridgehead atoms. The summed E-state index contributed by atoms with van der Waals surface area (Å²) in [5.41, 5.74) is 2.01. The number of nitrogens with zero attached hydrogens (tertiary/aromatic N) is 5. The fourth-order valence-corrected chi connectivity index (χ4v) is 3.65. The highest BCUT2D eigenvalue weighted by Gasteiger charge is 2.24. The van der Waals surface area contributed by atoms with Crippen molar-refractivity contribution in [1.29, 1.82) is 0 Å². The highest BCUT2D eigenvalue weighted by molar-refractivity contribution is 5.89. The number of amides is 1. The van der Waals surface area contributed by atoms with E-state index < -0.39 is 0 Å². The van der Waals surface area contributed by atoms with Crippen LogP contribution in [0.5, 0.6) is 0 Å². The Balaban J connectivity index is 1.69. The normalized spacial score (nSPS) is 18.7. The first-order chi connectivity index (χ1) is 11.6. The molecule has 0 saturated carbocycles. The standard InChI is InChI=1S/C17H24N6O/c1-12-11-14-15(18-12)19-17(23-5-3-4-6-23)20-16(14)22-9-7-21(8-10-22)13(2)24/h11H,3-10H2,1-2H3,(H,18,19,20). The van der Waals surface area contributed by atoms with Crippen LogP contribution in [0.15, 0.2) is 6.07 Å². The lowest BCUT2D eigenvalue weighted by Crippen LogP contribution is -2.48. The topological polar surface area (TPSA) is 68.4 Å². The monoisotopic (exact) mass is 328 g/mol. The summed E-state index contributed by atoms with van der Waals surface area (Å²) in [5.74, 6) is 1.97. The number of anilines is 2. The number of carbonyl (C=O) groups is 1. The molecular formula is C17H24N6O. The molecule has 0 unspecified atom stereocenters. The van der Waals surface area contributed by atoms with Crippen LogP contribution in [0.25, 0.3) is 11.0 Å². The minimum Gasteiger partial charge on any atom is -0.352 e. The molecule has 1 N–H and O–H groups in total. The summed E-state index contributed by atoms with van der Waals surface area (Å²) in [6.07, 6.45) is 2.41. The number of piperazine rings is 1. The number of hydrogen-bond acceptors (Lipinski definition) is 5. The molecule has 2 aliphatic heterocycles.